The fourth-order valence-corrected chi connectivity index (χ4v) is 2.10. The second-order valence-electron chi connectivity index (χ2n) is 5.79. The molecular formula is C15H22BrF2NO. The Bertz CT molecular complexity index is 433. The molecule has 0 atom stereocenters. The van der Waals surface area contributed by atoms with Crippen LogP contribution in [-0.2, 0) is 0 Å². The molecule has 0 saturated carbocycles. The van der Waals surface area contributed by atoms with Crippen molar-refractivity contribution < 1.29 is 13.5 Å². The second kappa shape index (κ2) is 7.93. The van der Waals surface area contributed by atoms with Gasteiger partial charge in [-0.1, -0.05) is 15.9 Å². The Morgan fingerprint density at radius 2 is 1.85 bits per heavy atom. The van der Waals surface area contributed by atoms with Crippen molar-refractivity contribution in [3.8, 4) is 5.75 Å². The summed E-state index contributed by atoms with van der Waals surface area (Å²) in [6.07, 6.45) is 2.84. The van der Waals surface area contributed by atoms with Crippen LogP contribution in [0.15, 0.2) is 16.6 Å². The molecule has 1 N–H and O–H groups in total. The Labute approximate surface area is 128 Å². The normalized spacial score (nSPS) is 11.7. The Morgan fingerprint density at radius 3 is 2.50 bits per heavy atom. The minimum Gasteiger partial charge on any atom is -0.490 e. The molecule has 114 valence electrons. The Balaban J connectivity index is 2.22. The maximum absolute atomic E-state index is 13.4. The van der Waals surface area contributed by atoms with Crippen LogP contribution in [-0.4, -0.2) is 18.7 Å². The topological polar surface area (TPSA) is 21.3 Å². The molecule has 0 aromatic heterocycles. The van der Waals surface area contributed by atoms with Gasteiger partial charge in [-0.25, -0.2) is 4.39 Å². The zero-order valence-electron chi connectivity index (χ0n) is 12.2. The molecular weight excluding hydrogens is 328 g/mol. The molecule has 0 bridgehead atoms. The van der Waals surface area contributed by atoms with Crippen LogP contribution in [0, 0.1) is 11.6 Å². The van der Waals surface area contributed by atoms with E-state index in [-0.39, 0.29) is 11.3 Å². The van der Waals surface area contributed by atoms with Crippen LogP contribution >= 0.6 is 15.9 Å². The van der Waals surface area contributed by atoms with Gasteiger partial charge in [-0.05, 0) is 58.7 Å². The SMILES string of the molecule is CC(C)(C)NCCCCCOc1cc(Br)cc(F)c1F. The molecule has 20 heavy (non-hydrogen) atoms. The lowest BCUT2D eigenvalue weighted by atomic mass is 10.1. The summed E-state index contributed by atoms with van der Waals surface area (Å²) in [6, 6.07) is 2.53. The first kappa shape index (κ1) is 17.4. The summed E-state index contributed by atoms with van der Waals surface area (Å²) in [5.41, 5.74) is 0.132. The van der Waals surface area contributed by atoms with Crippen LogP contribution in [0.3, 0.4) is 0 Å². The summed E-state index contributed by atoms with van der Waals surface area (Å²) in [7, 11) is 0. The van der Waals surface area contributed by atoms with Gasteiger partial charge in [0, 0.05) is 10.0 Å². The van der Waals surface area contributed by atoms with Crippen molar-refractivity contribution in [2.24, 2.45) is 0 Å². The van der Waals surface area contributed by atoms with Crippen molar-refractivity contribution in [1.29, 1.82) is 0 Å². The van der Waals surface area contributed by atoms with E-state index in [1.54, 1.807) is 0 Å². The highest BCUT2D eigenvalue weighted by Crippen LogP contribution is 2.25. The molecule has 0 aliphatic carbocycles. The van der Waals surface area contributed by atoms with Crippen LogP contribution in [0.5, 0.6) is 5.75 Å². The minimum atomic E-state index is -0.928. The highest BCUT2D eigenvalue weighted by molar-refractivity contribution is 9.10. The number of unbranched alkanes of at least 4 members (excludes halogenated alkanes) is 2. The molecule has 0 fully saturated rings. The maximum atomic E-state index is 13.4. The number of halogens is 3. The number of benzene rings is 1. The minimum absolute atomic E-state index is 0.0373. The third-order valence-corrected chi connectivity index (χ3v) is 3.15. The van der Waals surface area contributed by atoms with Crippen molar-refractivity contribution in [2.75, 3.05) is 13.2 Å². The van der Waals surface area contributed by atoms with Crippen LogP contribution in [0.4, 0.5) is 8.78 Å². The van der Waals surface area contributed by atoms with E-state index < -0.39 is 11.6 Å². The molecule has 1 rings (SSSR count). The quantitative estimate of drug-likeness (QED) is 0.570. The Hall–Kier alpha value is -0.680. The van der Waals surface area contributed by atoms with Crippen molar-refractivity contribution in [1.82, 2.24) is 5.32 Å². The van der Waals surface area contributed by atoms with Crippen molar-refractivity contribution in [2.45, 2.75) is 45.6 Å². The lowest BCUT2D eigenvalue weighted by Crippen LogP contribution is -2.36. The maximum Gasteiger partial charge on any atom is 0.200 e. The Morgan fingerprint density at radius 1 is 1.15 bits per heavy atom. The summed E-state index contributed by atoms with van der Waals surface area (Å²) < 4.78 is 32.3. The highest BCUT2D eigenvalue weighted by Gasteiger charge is 2.11. The van der Waals surface area contributed by atoms with E-state index in [9.17, 15) is 8.78 Å². The van der Waals surface area contributed by atoms with E-state index in [4.69, 9.17) is 4.74 Å². The van der Waals surface area contributed by atoms with Gasteiger partial charge in [0.05, 0.1) is 6.61 Å². The van der Waals surface area contributed by atoms with Gasteiger partial charge in [0.1, 0.15) is 0 Å². The number of ether oxygens (including phenoxy) is 1. The average Bonchev–Trinajstić information content (AvgIpc) is 2.32. The lowest BCUT2D eigenvalue weighted by molar-refractivity contribution is 0.284. The van der Waals surface area contributed by atoms with Crippen molar-refractivity contribution in [3.05, 3.63) is 28.2 Å². The van der Waals surface area contributed by atoms with Gasteiger partial charge >= 0.3 is 0 Å². The summed E-state index contributed by atoms with van der Waals surface area (Å²) in [4.78, 5) is 0. The van der Waals surface area contributed by atoms with Crippen LogP contribution in [0.1, 0.15) is 40.0 Å². The molecule has 0 aliphatic heterocycles. The van der Waals surface area contributed by atoms with Crippen LogP contribution in [0.25, 0.3) is 0 Å². The van der Waals surface area contributed by atoms with E-state index in [0.717, 1.165) is 31.9 Å². The summed E-state index contributed by atoms with van der Waals surface area (Å²) in [6.45, 7) is 7.72. The zero-order chi connectivity index (χ0) is 15.2. The molecule has 2 nitrogen and oxygen atoms in total. The monoisotopic (exact) mass is 349 g/mol. The van der Waals surface area contributed by atoms with Gasteiger partial charge in [0.15, 0.2) is 11.6 Å². The van der Waals surface area contributed by atoms with Gasteiger partial charge in [0.25, 0.3) is 0 Å². The van der Waals surface area contributed by atoms with E-state index in [1.807, 2.05) is 0 Å². The smallest absolute Gasteiger partial charge is 0.200 e. The van der Waals surface area contributed by atoms with Gasteiger partial charge in [0.2, 0.25) is 5.82 Å². The molecule has 1 aromatic carbocycles. The number of hydrogen-bond donors (Lipinski definition) is 1. The van der Waals surface area contributed by atoms with Crippen LogP contribution < -0.4 is 10.1 Å². The molecule has 0 heterocycles. The van der Waals surface area contributed by atoms with E-state index in [0.29, 0.717) is 11.1 Å². The summed E-state index contributed by atoms with van der Waals surface area (Å²) in [5.74, 6) is -1.86. The molecule has 5 heteroatoms. The summed E-state index contributed by atoms with van der Waals surface area (Å²) in [5, 5.41) is 3.40. The van der Waals surface area contributed by atoms with Gasteiger partial charge in [-0.2, -0.15) is 4.39 Å². The van der Waals surface area contributed by atoms with E-state index in [1.165, 1.54) is 6.07 Å². The molecule has 0 spiro atoms. The molecule has 0 amide bonds. The number of nitrogens with one attached hydrogen (secondary N) is 1. The van der Waals surface area contributed by atoms with Gasteiger partial charge in [-0.3, -0.25) is 0 Å². The first-order chi connectivity index (χ1) is 9.29. The van der Waals surface area contributed by atoms with E-state index >= 15 is 0 Å². The third-order valence-electron chi connectivity index (χ3n) is 2.69. The molecule has 0 saturated heterocycles. The zero-order valence-corrected chi connectivity index (χ0v) is 13.8. The largest absolute Gasteiger partial charge is 0.490 e. The average molecular weight is 350 g/mol. The number of rotatable bonds is 7. The summed E-state index contributed by atoms with van der Waals surface area (Å²) >= 11 is 3.11. The standard InChI is InChI=1S/C15H22BrF2NO/c1-15(2,3)19-7-5-4-6-8-20-13-10-11(16)9-12(17)14(13)18/h9-10,19H,4-8H2,1-3H3. The third kappa shape index (κ3) is 6.66. The fourth-order valence-electron chi connectivity index (χ4n) is 1.69. The molecule has 0 radical (unpaired) electrons. The van der Waals surface area contributed by atoms with E-state index in [2.05, 4.69) is 42.0 Å². The molecule has 1 aromatic rings. The predicted octanol–water partition coefficient (Wildman–Crippen LogP) is 4.66. The van der Waals surface area contributed by atoms with Gasteiger partial charge < -0.3 is 10.1 Å². The van der Waals surface area contributed by atoms with Gasteiger partial charge in [-0.15, -0.1) is 0 Å². The molecule has 0 unspecified atom stereocenters. The van der Waals surface area contributed by atoms with Crippen molar-refractivity contribution >= 4 is 15.9 Å². The highest BCUT2D eigenvalue weighted by atomic mass is 79.9. The number of hydrogen-bond acceptors (Lipinski definition) is 2. The molecule has 0 aliphatic rings. The lowest BCUT2D eigenvalue weighted by Gasteiger charge is -2.20. The fraction of sp³-hybridized carbons (Fsp3) is 0.600. The predicted molar refractivity (Wildman–Crippen MR) is 81.2 cm³/mol. The van der Waals surface area contributed by atoms with Crippen LogP contribution in [0.2, 0.25) is 0 Å². The first-order valence-corrected chi connectivity index (χ1v) is 7.61. The Kier molecular flexibility index (Phi) is 6.89. The second-order valence-corrected chi connectivity index (χ2v) is 6.70. The van der Waals surface area contributed by atoms with Crippen molar-refractivity contribution in [3.63, 3.8) is 0 Å². The first-order valence-electron chi connectivity index (χ1n) is 6.82.